The number of aromatic nitrogens is 1. The van der Waals surface area contributed by atoms with Crippen molar-refractivity contribution in [2.45, 2.75) is 90.4 Å². The van der Waals surface area contributed by atoms with Crippen LogP contribution in [0.25, 0.3) is 60.0 Å². The average molecular weight is 577 g/mol. The van der Waals surface area contributed by atoms with Gasteiger partial charge in [-0.05, 0) is 53.8 Å². The van der Waals surface area contributed by atoms with Gasteiger partial charge in [0.05, 0.1) is 21.5 Å². The standard InChI is InChI=1S/C43H46N/c1-2-3-4-5-6-7-8-9-10-11-12-14-21-32-28-39-35-24-17-19-26-37(35)41-30-34(33-22-15-13-16-23-33)31-42-38-27-20-18-25-36(38)40(29-32)43(39)44(41)42/h13,15-20,22-31H,2-12,14,21H2,1H3/q+1. The maximum absolute atomic E-state index is 2.55. The molecule has 0 saturated carbocycles. The summed E-state index contributed by atoms with van der Waals surface area (Å²) in [6.45, 7) is 2.30. The van der Waals surface area contributed by atoms with Crippen molar-refractivity contribution in [3.63, 3.8) is 0 Å². The van der Waals surface area contributed by atoms with Gasteiger partial charge in [0.1, 0.15) is 0 Å². The minimum absolute atomic E-state index is 1.15. The van der Waals surface area contributed by atoms with E-state index in [-0.39, 0.29) is 0 Å². The Kier molecular flexibility index (Phi) is 8.73. The van der Waals surface area contributed by atoms with Crippen LogP contribution in [-0.4, -0.2) is 0 Å². The highest BCUT2D eigenvalue weighted by atomic mass is 14.9. The maximum Gasteiger partial charge on any atom is 0.227 e. The molecule has 0 amide bonds. The van der Waals surface area contributed by atoms with Gasteiger partial charge in [0.25, 0.3) is 0 Å². The summed E-state index contributed by atoms with van der Waals surface area (Å²) in [4.78, 5) is 0. The number of hydrogen-bond acceptors (Lipinski definition) is 0. The zero-order chi connectivity index (χ0) is 29.7. The summed E-state index contributed by atoms with van der Waals surface area (Å²) in [5.74, 6) is 0. The van der Waals surface area contributed by atoms with E-state index in [9.17, 15) is 0 Å². The van der Waals surface area contributed by atoms with Gasteiger partial charge in [-0.3, -0.25) is 0 Å². The van der Waals surface area contributed by atoms with E-state index in [2.05, 4.69) is 114 Å². The Morgan fingerprint density at radius 1 is 0.409 bits per heavy atom. The second-order valence-corrected chi connectivity index (χ2v) is 13.0. The third kappa shape index (κ3) is 5.65. The largest absolute Gasteiger partial charge is 0.227 e. The van der Waals surface area contributed by atoms with Gasteiger partial charge in [-0.25, -0.2) is 0 Å². The first-order valence-corrected chi connectivity index (χ1v) is 17.4. The Hall–Kier alpha value is -3.97. The van der Waals surface area contributed by atoms with Crippen molar-refractivity contribution in [1.82, 2.24) is 0 Å². The van der Waals surface area contributed by atoms with E-state index in [0.29, 0.717) is 0 Å². The molecule has 0 atom stereocenters. The highest BCUT2D eigenvalue weighted by molar-refractivity contribution is 6.21. The molecular formula is C43H46N+. The molecule has 0 fully saturated rings. The van der Waals surface area contributed by atoms with Gasteiger partial charge >= 0.3 is 0 Å². The second-order valence-electron chi connectivity index (χ2n) is 13.0. The van der Waals surface area contributed by atoms with Gasteiger partial charge in [-0.15, -0.1) is 0 Å². The quantitative estimate of drug-likeness (QED) is 0.0525. The van der Waals surface area contributed by atoms with Crippen LogP contribution in [0, 0.1) is 0 Å². The van der Waals surface area contributed by atoms with E-state index < -0.39 is 0 Å². The molecule has 1 heteroatoms. The molecule has 0 aliphatic carbocycles. The van der Waals surface area contributed by atoms with Crippen LogP contribution < -0.4 is 4.40 Å². The first-order valence-electron chi connectivity index (χ1n) is 17.4. The number of fused-ring (bicyclic) bond motifs is 6. The fourth-order valence-electron chi connectivity index (χ4n) is 7.57. The van der Waals surface area contributed by atoms with Gasteiger partial charge < -0.3 is 0 Å². The molecule has 0 bridgehead atoms. The van der Waals surface area contributed by atoms with Crippen molar-refractivity contribution in [3.8, 4) is 11.1 Å². The summed E-state index contributed by atoms with van der Waals surface area (Å²) < 4.78 is 2.55. The summed E-state index contributed by atoms with van der Waals surface area (Å²) >= 11 is 0. The van der Waals surface area contributed by atoms with Crippen LogP contribution in [-0.2, 0) is 6.42 Å². The van der Waals surface area contributed by atoms with Gasteiger partial charge in [-0.1, -0.05) is 144 Å². The lowest BCUT2D eigenvalue weighted by atomic mass is 9.92. The fourth-order valence-corrected chi connectivity index (χ4v) is 7.57. The van der Waals surface area contributed by atoms with Crippen molar-refractivity contribution in [1.29, 1.82) is 0 Å². The molecule has 1 nitrogen and oxygen atoms in total. The summed E-state index contributed by atoms with van der Waals surface area (Å²) in [6, 6.07) is 38.7. The predicted octanol–water partition coefficient (Wildman–Crippen LogP) is 12.4. The van der Waals surface area contributed by atoms with Crippen LogP contribution in [0.5, 0.6) is 0 Å². The Labute approximate surface area is 262 Å². The average Bonchev–Trinajstić information content (AvgIpc) is 3.08. The topological polar surface area (TPSA) is 4.10 Å². The Bertz CT molecular complexity index is 1900. The molecular weight excluding hydrogens is 530 g/mol. The van der Waals surface area contributed by atoms with E-state index in [1.807, 2.05) is 0 Å². The van der Waals surface area contributed by atoms with Crippen molar-refractivity contribution in [3.05, 3.63) is 109 Å². The molecule has 0 spiro atoms. The SMILES string of the molecule is CCCCCCCCCCCCCCc1cc2c3ccccc3c3cc(-c4ccccc4)cc4c5ccccc5c(c1)c2[n+]34. The monoisotopic (exact) mass is 576 g/mol. The van der Waals surface area contributed by atoms with E-state index >= 15 is 0 Å². The number of nitrogens with zero attached hydrogens (tertiary/aromatic N) is 1. The van der Waals surface area contributed by atoms with Gasteiger partial charge in [-0.2, -0.15) is 4.40 Å². The number of hydrogen-bond donors (Lipinski definition) is 0. The smallest absolute Gasteiger partial charge is 0.152 e. The zero-order valence-electron chi connectivity index (χ0n) is 26.5. The van der Waals surface area contributed by atoms with Gasteiger partial charge in [0.2, 0.25) is 16.6 Å². The summed E-state index contributed by atoms with van der Waals surface area (Å²) in [5.41, 5.74) is 7.93. The molecule has 44 heavy (non-hydrogen) atoms. The lowest BCUT2D eigenvalue weighted by Gasteiger charge is -2.14. The summed E-state index contributed by atoms with van der Waals surface area (Å²) in [5, 5.41) is 8.13. The molecule has 7 aromatic rings. The van der Waals surface area contributed by atoms with E-state index in [0.717, 1.165) is 6.42 Å². The van der Waals surface area contributed by atoms with Crippen LogP contribution in [0.4, 0.5) is 0 Å². The molecule has 4 aromatic carbocycles. The highest BCUT2D eigenvalue weighted by Gasteiger charge is 2.25. The van der Waals surface area contributed by atoms with Gasteiger partial charge in [0, 0.05) is 22.9 Å². The van der Waals surface area contributed by atoms with Crippen LogP contribution >= 0.6 is 0 Å². The number of benzene rings is 4. The molecule has 0 aliphatic heterocycles. The van der Waals surface area contributed by atoms with Crippen LogP contribution in [0.3, 0.4) is 0 Å². The summed E-state index contributed by atoms with van der Waals surface area (Å²) in [6.07, 6.45) is 17.8. The van der Waals surface area contributed by atoms with Crippen LogP contribution in [0.15, 0.2) is 103 Å². The number of rotatable bonds is 14. The molecule has 0 N–H and O–H groups in total. The summed E-state index contributed by atoms with van der Waals surface area (Å²) in [7, 11) is 0. The van der Waals surface area contributed by atoms with Crippen molar-refractivity contribution in [2.75, 3.05) is 0 Å². The number of aryl methyl sites for hydroxylation is 1. The molecule has 222 valence electrons. The fraction of sp³-hybridized carbons (Fsp3) is 0.326. The Balaban J connectivity index is 1.20. The molecule has 3 heterocycles. The normalized spacial score (nSPS) is 12.0. The van der Waals surface area contributed by atoms with E-state index in [1.54, 1.807) is 0 Å². The van der Waals surface area contributed by atoms with E-state index in [1.165, 1.54) is 143 Å². The zero-order valence-corrected chi connectivity index (χ0v) is 26.5. The first-order chi connectivity index (χ1) is 21.8. The third-order valence-corrected chi connectivity index (χ3v) is 9.87. The number of unbranched alkanes of at least 4 members (excludes halogenated alkanes) is 11. The molecule has 0 saturated heterocycles. The van der Waals surface area contributed by atoms with Crippen molar-refractivity contribution < 1.29 is 4.40 Å². The lowest BCUT2D eigenvalue weighted by molar-refractivity contribution is -0.448. The molecule has 0 aliphatic rings. The molecule has 3 aromatic heterocycles. The number of pyridine rings is 3. The van der Waals surface area contributed by atoms with Crippen LogP contribution in [0.1, 0.15) is 89.5 Å². The molecule has 0 unspecified atom stereocenters. The predicted molar refractivity (Wildman–Crippen MR) is 191 cm³/mol. The van der Waals surface area contributed by atoms with Crippen LogP contribution in [0.2, 0.25) is 0 Å². The Morgan fingerprint density at radius 2 is 0.864 bits per heavy atom. The Morgan fingerprint density at radius 3 is 1.39 bits per heavy atom. The minimum atomic E-state index is 1.15. The van der Waals surface area contributed by atoms with Crippen molar-refractivity contribution in [2.24, 2.45) is 0 Å². The third-order valence-electron chi connectivity index (χ3n) is 9.87. The maximum atomic E-state index is 2.55. The van der Waals surface area contributed by atoms with Gasteiger partial charge in [0.15, 0.2) is 0 Å². The lowest BCUT2D eigenvalue weighted by Crippen LogP contribution is -2.26. The molecule has 7 rings (SSSR count). The first kappa shape index (κ1) is 28.8. The minimum Gasteiger partial charge on any atom is -0.152 e. The molecule has 0 radical (unpaired) electrons. The second kappa shape index (κ2) is 13.3. The van der Waals surface area contributed by atoms with E-state index in [4.69, 9.17) is 0 Å². The highest BCUT2D eigenvalue weighted by Crippen LogP contribution is 2.38. The van der Waals surface area contributed by atoms with Crippen molar-refractivity contribution >= 4 is 48.9 Å².